The summed E-state index contributed by atoms with van der Waals surface area (Å²) in [6.07, 6.45) is 1.15. The largest absolute Gasteiger partial charge is 0.495 e. The number of hydrogen-bond acceptors (Lipinski definition) is 8. The zero-order chi connectivity index (χ0) is 25.4. The summed E-state index contributed by atoms with van der Waals surface area (Å²) >= 11 is 0. The molecule has 12 heteroatoms. The maximum Gasteiger partial charge on any atom is 0.421 e. The first kappa shape index (κ1) is 25.8. The highest BCUT2D eigenvalue weighted by atomic mass is 19.4. The highest BCUT2D eigenvalue weighted by Crippen LogP contribution is 2.35. The number of carbonyl (C=O) groups excluding carboxylic acids is 1. The molecule has 0 aliphatic carbocycles. The molecule has 1 aliphatic heterocycles. The van der Waals surface area contributed by atoms with E-state index in [-0.39, 0.29) is 24.2 Å². The molecule has 1 saturated heterocycles. The number of rotatable bonds is 9. The maximum absolute atomic E-state index is 13.5. The molecule has 1 aromatic heterocycles. The van der Waals surface area contributed by atoms with Crippen LogP contribution in [0.15, 0.2) is 41.2 Å². The van der Waals surface area contributed by atoms with Crippen LogP contribution in [-0.4, -0.2) is 67.8 Å². The highest BCUT2D eigenvalue weighted by Gasteiger charge is 2.35. The lowest BCUT2D eigenvalue weighted by Crippen LogP contribution is -2.27. The quantitative estimate of drug-likeness (QED) is 0.460. The van der Waals surface area contributed by atoms with Crippen LogP contribution in [-0.2, 0) is 6.18 Å². The first-order chi connectivity index (χ1) is 16.8. The maximum atomic E-state index is 13.5. The van der Waals surface area contributed by atoms with E-state index in [2.05, 4.69) is 30.9 Å². The van der Waals surface area contributed by atoms with Gasteiger partial charge in [0.2, 0.25) is 5.95 Å². The molecular formula is C23H28F3N7O2. The lowest BCUT2D eigenvalue weighted by Gasteiger charge is -2.18. The van der Waals surface area contributed by atoms with Crippen LogP contribution in [0.25, 0.3) is 0 Å². The second-order valence-corrected chi connectivity index (χ2v) is 7.74. The topological polar surface area (TPSA) is 104 Å². The highest BCUT2D eigenvalue weighted by molar-refractivity contribution is 5.95. The molecule has 0 saturated carbocycles. The van der Waals surface area contributed by atoms with Gasteiger partial charge in [-0.15, -0.1) is 0 Å². The number of ether oxygens (including phenoxy) is 1. The summed E-state index contributed by atoms with van der Waals surface area (Å²) in [4.78, 5) is 26.2. The Morgan fingerprint density at radius 3 is 2.66 bits per heavy atom. The van der Waals surface area contributed by atoms with Crippen LogP contribution >= 0.6 is 0 Å². The normalized spacial score (nSPS) is 14.3. The van der Waals surface area contributed by atoms with E-state index in [9.17, 15) is 18.0 Å². The molecule has 0 radical (unpaired) electrons. The number of methoxy groups -OCH3 is 1. The van der Waals surface area contributed by atoms with E-state index in [0.717, 1.165) is 12.8 Å². The number of benzene rings is 1. The van der Waals surface area contributed by atoms with Gasteiger partial charge in [-0.1, -0.05) is 0 Å². The van der Waals surface area contributed by atoms with Crippen molar-refractivity contribution < 1.29 is 22.7 Å². The average molecular weight is 492 g/mol. The third kappa shape index (κ3) is 6.61. The summed E-state index contributed by atoms with van der Waals surface area (Å²) in [5, 5.41) is 8.41. The molecule has 3 N–H and O–H groups in total. The van der Waals surface area contributed by atoms with Gasteiger partial charge in [-0.05, 0) is 31.0 Å². The van der Waals surface area contributed by atoms with Crippen LogP contribution in [0.5, 0.6) is 5.75 Å². The van der Waals surface area contributed by atoms with E-state index in [1.54, 1.807) is 43.4 Å². The minimum absolute atomic E-state index is 0.0499. The summed E-state index contributed by atoms with van der Waals surface area (Å²) < 4.78 is 46.0. The van der Waals surface area contributed by atoms with Gasteiger partial charge in [0, 0.05) is 63.5 Å². The first-order valence-electron chi connectivity index (χ1n) is 11.0. The van der Waals surface area contributed by atoms with Crippen LogP contribution in [0.4, 0.5) is 30.6 Å². The van der Waals surface area contributed by atoms with Gasteiger partial charge in [0.05, 0.1) is 12.8 Å². The fourth-order valence-corrected chi connectivity index (χ4v) is 3.61. The molecule has 0 atom stereocenters. The number of aromatic nitrogens is 2. The molecule has 2 heterocycles. The molecule has 1 aromatic carbocycles. The van der Waals surface area contributed by atoms with Crippen LogP contribution in [0, 0.1) is 0 Å². The van der Waals surface area contributed by atoms with E-state index in [4.69, 9.17) is 4.74 Å². The molecule has 0 bridgehead atoms. The van der Waals surface area contributed by atoms with E-state index in [1.165, 1.54) is 13.3 Å². The number of amides is 1. The number of anilines is 3. The Kier molecular flexibility index (Phi) is 8.50. The SMILES string of the molecule is C/N=C\C(=C/NC)CNc1nc(Nc2ccc(C(=O)N3CCCC3)cc2OC)ncc1C(F)(F)F. The molecule has 35 heavy (non-hydrogen) atoms. The average Bonchev–Trinajstić information content (AvgIpc) is 3.37. The van der Waals surface area contributed by atoms with Crippen LogP contribution in [0.2, 0.25) is 0 Å². The summed E-state index contributed by atoms with van der Waals surface area (Å²) in [6.45, 7) is 1.48. The predicted molar refractivity (Wildman–Crippen MR) is 128 cm³/mol. The number of aliphatic imine (C=N–C) groups is 1. The summed E-state index contributed by atoms with van der Waals surface area (Å²) in [5.41, 5.74) is 0.492. The smallest absolute Gasteiger partial charge is 0.421 e. The monoisotopic (exact) mass is 491 g/mol. The molecule has 2 aromatic rings. The fraction of sp³-hybridized carbons (Fsp3) is 0.391. The second kappa shape index (κ2) is 11.5. The van der Waals surface area contributed by atoms with Crippen molar-refractivity contribution in [3.8, 4) is 5.75 Å². The first-order valence-corrected chi connectivity index (χ1v) is 11.0. The summed E-state index contributed by atoms with van der Waals surface area (Å²) in [7, 11) is 4.68. The van der Waals surface area contributed by atoms with Gasteiger partial charge < -0.3 is 25.6 Å². The number of nitrogens with zero attached hydrogens (tertiary/aromatic N) is 4. The van der Waals surface area contributed by atoms with E-state index >= 15 is 0 Å². The Bertz CT molecular complexity index is 1100. The van der Waals surface area contributed by atoms with Crippen LogP contribution in [0.1, 0.15) is 28.8 Å². The van der Waals surface area contributed by atoms with Crippen molar-refractivity contribution in [2.24, 2.45) is 4.99 Å². The standard InChI is InChI=1S/C23H28F3N7O2/c1-27-11-15(12-28-2)13-29-20-17(23(24,25)26)14-30-22(32-20)31-18-7-6-16(10-19(18)35-3)21(34)33-8-4-5-9-33/h6-7,10-12,14,27H,4-5,8-9,13H2,1-3H3,(H2,29,30,31,32)/b15-11+,28-12-. The number of halogens is 3. The number of hydrogen-bond donors (Lipinski definition) is 3. The van der Waals surface area contributed by atoms with Gasteiger partial charge >= 0.3 is 6.18 Å². The van der Waals surface area contributed by atoms with Gasteiger partial charge in [-0.3, -0.25) is 9.79 Å². The van der Waals surface area contributed by atoms with Gasteiger partial charge in [0.15, 0.2) is 0 Å². The number of carbonyl (C=O) groups is 1. The fourth-order valence-electron chi connectivity index (χ4n) is 3.61. The molecule has 3 rings (SSSR count). The Morgan fingerprint density at radius 1 is 1.29 bits per heavy atom. The predicted octanol–water partition coefficient (Wildman–Crippen LogP) is 3.70. The van der Waals surface area contributed by atoms with Crippen molar-refractivity contribution in [1.29, 1.82) is 0 Å². The van der Waals surface area contributed by atoms with Gasteiger partial charge in [-0.25, -0.2) is 4.98 Å². The lowest BCUT2D eigenvalue weighted by molar-refractivity contribution is -0.137. The molecule has 0 spiro atoms. The van der Waals surface area contributed by atoms with Crippen molar-refractivity contribution in [3.63, 3.8) is 0 Å². The van der Waals surface area contributed by atoms with Crippen molar-refractivity contribution in [1.82, 2.24) is 20.2 Å². The Balaban J connectivity index is 1.86. The van der Waals surface area contributed by atoms with Gasteiger partial charge in [-0.2, -0.15) is 18.2 Å². The number of alkyl halides is 3. The zero-order valence-electron chi connectivity index (χ0n) is 19.7. The lowest BCUT2D eigenvalue weighted by atomic mass is 10.1. The zero-order valence-corrected chi connectivity index (χ0v) is 19.7. The number of likely N-dealkylation sites (tertiary alicyclic amines) is 1. The molecule has 1 aliphatic rings. The van der Waals surface area contributed by atoms with E-state index < -0.39 is 11.7 Å². The molecule has 1 amide bonds. The molecular weight excluding hydrogens is 463 g/mol. The van der Waals surface area contributed by atoms with Crippen molar-refractivity contribution in [2.45, 2.75) is 19.0 Å². The summed E-state index contributed by atoms with van der Waals surface area (Å²) in [5.74, 6) is -0.209. The third-order valence-corrected chi connectivity index (χ3v) is 5.27. The second-order valence-electron chi connectivity index (χ2n) is 7.74. The molecule has 9 nitrogen and oxygen atoms in total. The minimum atomic E-state index is -4.65. The van der Waals surface area contributed by atoms with Gasteiger partial charge in [0.25, 0.3) is 5.91 Å². The van der Waals surface area contributed by atoms with E-state index in [0.29, 0.717) is 41.9 Å². The van der Waals surface area contributed by atoms with Gasteiger partial charge in [0.1, 0.15) is 17.1 Å². The molecule has 188 valence electrons. The van der Waals surface area contributed by atoms with Crippen molar-refractivity contribution in [2.75, 3.05) is 51.5 Å². The van der Waals surface area contributed by atoms with Crippen LogP contribution < -0.4 is 20.7 Å². The van der Waals surface area contributed by atoms with Crippen LogP contribution in [0.3, 0.4) is 0 Å². The van der Waals surface area contributed by atoms with E-state index in [1.807, 2.05) is 0 Å². The van der Waals surface area contributed by atoms with Crippen molar-refractivity contribution in [3.05, 3.63) is 47.3 Å². The number of nitrogens with one attached hydrogen (secondary N) is 3. The Morgan fingerprint density at radius 2 is 2.03 bits per heavy atom. The Hall–Kier alpha value is -3.83. The Labute approximate surface area is 201 Å². The molecule has 1 fully saturated rings. The summed E-state index contributed by atoms with van der Waals surface area (Å²) in [6, 6.07) is 4.83. The molecule has 0 unspecified atom stereocenters. The van der Waals surface area contributed by atoms with Crippen molar-refractivity contribution >= 4 is 29.6 Å². The minimum Gasteiger partial charge on any atom is -0.495 e. The third-order valence-electron chi connectivity index (χ3n) is 5.27.